The van der Waals surface area contributed by atoms with E-state index in [-0.39, 0.29) is 36.7 Å². The van der Waals surface area contributed by atoms with Crippen LogP contribution in [0.3, 0.4) is 0 Å². The molecule has 1 unspecified atom stereocenters. The molecule has 0 aliphatic carbocycles. The van der Waals surface area contributed by atoms with Crippen molar-refractivity contribution in [3.05, 3.63) is 46.2 Å². The summed E-state index contributed by atoms with van der Waals surface area (Å²) in [6.07, 6.45) is -3.06. The maximum atomic E-state index is 12.9. The molecule has 0 radical (unpaired) electrons. The average molecular weight is 508 g/mol. The Hall–Kier alpha value is -3.34. The van der Waals surface area contributed by atoms with Gasteiger partial charge in [-0.1, -0.05) is 32.9 Å². The van der Waals surface area contributed by atoms with Gasteiger partial charge in [0.1, 0.15) is 16.8 Å². The van der Waals surface area contributed by atoms with E-state index in [0.29, 0.717) is 29.2 Å². The molecule has 0 spiro atoms. The van der Waals surface area contributed by atoms with E-state index in [2.05, 4.69) is 25.5 Å². The van der Waals surface area contributed by atoms with Gasteiger partial charge < -0.3 is 14.0 Å². The predicted molar refractivity (Wildman–Crippen MR) is 126 cm³/mol. The van der Waals surface area contributed by atoms with Gasteiger partial charge in [0.15, 0.2) is 5.43 Å². The molecular formula is C25H28F3N3O5. The number of ether oxygens (including phenoxy) is 3. The van der Waals surface area contributed by atoms with Crippen LogP contribution in [0.5, 0.6) is 5.75 Å². The fourth-order valence-corrected chi connectivity index (χ4v) is 4.38. The molecule has 1 atom stereocenters. The Morgan fingerprint density at radius 3 is 2.61 bits per heavy atom. The van der Waals surface area contributed by atoms with E-state index in [0.717, 1.165) is 5.39 Å². The molecule has 3 aromatic rings. The molecule has 1 aliphatic rings. The highest BCUT2D eigenvalue weighted by Gasteiger charge is 2.35. The van der Waals surface area contributed by atoms with E-state index < -0.39 is 24.4 Å². The molecule has 0 amide bonds. The Morgan fingerprint density at radius 1 is 1.19 bits per heavy atom. The highest BCUT2D eigenvalue weighted by molar-refractivity contribution is 5.97. The van der Waals surface area contributed by atoms with Gasteiger partial charge in [0.2, 0.25) is 0 Å². The van der Waals surface area contributed by atoms with Crippen LogP contribution in [0, 0.1) is 5.41 Å². The summed E-state index contributed by atoms with van der Waals surface area (Å²) in [7, 11) is 0. The van der Waals surface area contributed by atoms with Gasteiger partial charge in [-0.15, -0.1) is 13.2 Å². The number of carbonyl (C=O) groups excluding carboxylic acids is 1. The first kappa shape index (κ1) is 25.7. The smallest absolute Gasteiger partial charge is 0.491 e. The molecule has 11 heteroatoms. The standard InChI is InChI=1S/C25H28F3N3O5/c1-5-34-23(33)16-13-30-17(12-18(16)32)22-15-8-6-9-19(35-10-7-11-36-25(26,27)28)21(15)29-31(22)14-20(30)24(2,3)4/h6,8-9,12-13,20H,5,7,10-11,14H2,1-4H3. The van der Waals surface area contributed by atoms with Crippen molar-refractivity contribution in [3.63, 3.8) is 0 Å². The second-order valence-corrected chi connectivity index (χ2v) is 9.63. The summed E-state index contributed by atoms with van der Waals surface area (Å²) >= 11 is 0. The Bertz CT molecular complexity index is 1340. The van der Waals surface area contributed by atoms with Crippen LogP contribution >= 0.6 is 0 Å². The SMILES string of the molecule is CCOC(=O)c1cn2c(cc1=O)-c1c3cccc(OCCCOC(F)(F)F)c3nn1CC2C(C)(C)C. The van der Waals surface area contributed by atoms with Crippen molar-refractivity contribution in [1.82, 2.24) is 14.3 Å². The van der Waals surface area contributed by atoms with Gasteiger partial charge in [-0.2, -0.15) is 5.10 Å². The van der Waals surface area contributed by atoms with Gasteiger partial charge in [0, 0.05) is 24.1 Å². The van der Waals surface area contributed by atoms with E-state index in [4.69, 9.17) is 14.6 Å². The summed E-state index contributed by atoms with van der Waals surface area (Å²) in [4.78, 5) is 25.3. The molecule has 8 nitrogen and oxygen atoms in total. The van der Waals surface area contributed by atoms with Crippen LogP contribution < -0.4 is 10.2 Å². The molecular weight excluding hydrogens is 479 g/mol. The molecule has 0 fully saturated rings. The molecule has 36 heavy (non-hydrogen) atoms. The van der Waals surface area contributed by atoms with Crippen molar-refractivity contribution >= 4 is 16.9 Å². The van der Waals surface area contributed by atoms with Crippen LogP contribution in [-0.4, -0.2) is 46.5 Å². The zero-order valence-electron chi connectivity index (χ0n) is 20.5. The van der Waals surface area contributed by atoms with Crippen molar-refractivity contribution in [3.8, 4) is 17.1 Å². The number of hydrogen-bond donors (Lipinski definition) is 0. The van der Waals surface area contributed by atoms with Crippen molar-refractivity contribution in [1.29, 1.82) is 0 Å². The monoisotopic (exact) mass is 507 g/mol. The van der Waals surface area contributed by atoms with E-state index in [1.807, 2.05) is 15.3 Å². The molecule has 0 saturated carbocycles. The fourth-order valence-electron chi connectivity index (χ4n) is 4.38. The van der Waals surface area contributed by atoms with Crippen LogP contribution in [0.25, 0.3) is 22.3 Å². The Labute approximate surface area is 205 Å². The summed E-state index contributed by atoms with van der Waals surface area (Å²) in [5, 5.41) is 5.47. The minimum Gasteiger partial charge on any atom is -0.491 e. The summed E-state index contributed by atoms with van der Waals surface area (Å²) < 4.78 is 54.9. The second kappa shape index (κ2) is 9.61. The maximum Gasteiger partial charge on any atom is 0.522 e. The number of esters is 1. The fraction of sp³-hybridized carbons (Fsp3) is 0.480. The van der Waals surface area contributed by atoms with Crippen LogP contribution in [-0.2, 0) is 16.0 Å². The first-order valence-electron chi connectivity index (χ1n) is 11.7. The lowest BCUT2D eigenvalue weighted by atomic mass is 9.85. The number of benzene rings is 1. The Balaban J connectivity index is 1.75. The number of nitrogens with zero attached hydrogens (tertiary/aromatic N) is 3. The van der Waals surface area contributed by atoms with Crippen molar-refractivity contribution in [2.24, 2.45) is 5.41 Å². The lowest BCUT2D eigenvalue weighted by Gasteiger charge is -2.38. The summed E-state index contributed by atoms with van der Waals surface area (Å²) in [6.45, 7) is 8.02. The van der Waals surface area contributed by atoms with Crippen LogP contribution in [0.2, 0.25) is 0 Å². The molecule has 4 rings (SSSR count). The van der Waals surface area contributed by atoms with Gasteiger partial charge in [-0.3, -0.25) is 14.2 Å². The lowest BCUT2D eigenvalue weighted by molar-refractivity contribution is -0.324. The second-order valence-electron chi connectivity index (χ2n) is 9.63. The molecule has 194 valence electrons. The number of hydrogen-bond acceptors (Lipinski definition) is 6. The molecule has 0 saturated heterocycles. The van der Waals surface area contributed by atoms with E-state index in [1.165, 1.54) is 6.07 Å². The Kier molecular flexibility index (Phi) is 6.87. The molecule has 2 aromatic heterocycles. The molecule has 1 aromatic carbocycles. The minimum absolute atomic E-state index is 0.0148. The lowest BCUT2D eigenvalue weighted by Crippen LogP contribution is -2.35. The normalized spacial score (nSPS) is 15.5. The third-order valence-corrected chi connectivity index (χ3v) is 6.04. The Morgan fingerprint density at radius 2 is 1.94 bits per heavy atom. The predicted octanol–water partition coefficient (Wildman–Crippen LogP) is 4.95. The summed E-state index contributed by atoms with van der Waals surface area (Å²) in [6, 6.07) is 6.60. The zero-order chi connectivity index (χ0) is 26.3. The van der Waals surface area contributed by atoms with E-state index in [9.17, 15) is 22.8 Å². The quantitative estimate of drug-likeness (QED) is 0.333. The third-order valence-electron chi connectivity index (χ3n) is 6.04. The largest absolute Gasteiger partial charge is 0.522 e. The number of fused-ring (bicyclic) bond motifs is 5. The topological polar surface area (TPSA) is 84.6 Å². The van der Waals surface area contributed by atoms with Gasteiger partial charge in [-0.05, 0) is 18.4 Å². The van der Waals surface area contributed by atoms with Crippen LogP contribution in [0.1, 0.15) is 50.5 Å². The van der Waals surface area contributed by atoms with Gasteiger partial charge in [-0.25, -0.2) is 4.79 Å². The number of carbonyl (C=O) groups is 1. The summed E-state index contributed by atoms with van der Waals surface area (Å²) in [5.41, 5.74) is 1.11. The zero-order valence-corrected chi connectivity index (χ0v) is 20.5. The van der Waals surface area contributed by atoms with E-state index >= 15 is 0 Å². The number of rotatable bonds is 7. The number of pyridine rings is 1. The van der Waals surface area contributed by atoms with Gasteiger partial charge in [0.25, 0.3) is 0 Å². The molecule has 3 heterocycles. The van der Waals surface area contributed by atoms with Crippen molar-refractivity contribution in [2.75, 3.05) is 19.8 Å². The minimum atomic E-state index is -4.68. The van der Waals surface area contributed by atoms with E-state index in [1.54, 1.807) is 25.3 Å². The first-order chi connectivity index (χ1) is 16.9. The number of alkyl halides is 3. The highest BCUT2D eigenvalue weighted by atomic mass is 19.4. The van der Waals surface area contributed by atoms with Crippen molar-refractivity contribution in [2.45, 2.75) is 53.1 Å². The van der Waals surface area contributed by atoms with Gasteiger partial charge >= 0.3 is 12.3 Å². The van der Waals surface area contributed by atoms with Crippen LogP contribution in [0.15, 0.2) is 35.3 Å². The van der Waals surface area contributed by atoms with Crippen molar-refractivity contribution < 1.29 is 32.2 Å². The van der Waals surface area contributed by atoms with Crippen LogP contribution in [0.4, 0.5) is 13.2 Å². The third kappa shape index (κ3) is 5.11. The first-order valence-corrected chi connectivity index (χ1v) is 11.7. The molecule has 0 N–H and O–H groups in total. The number of halogens is 3. The number of aromatic nitrogens is 3. The average Bonchev–Trinajstić information content (AvgIpc) is 3.16. The van der Waals surface area contributed by atoms with Gasteiger partial charge in [0.05, 0.1) is 43.8 Å². The maximum absolute atomic E-state index is 12.9. The summed E-state index contributed by atoms with van der Waals surface area (Å²) in [5.74, 6) is -0.245. The highest BCUT2D eigenvalue weighted by Crippen LogP contribution is 2.43. The molecule has 1 aliphatic heterocycles. The molecule has 0 bridgehead atoms.